The van der Waals surface area contributed by atoms with Crippen LogP contribution in [0.25, 0.3) is 0 Å². The van der Waals surface area contributed by atoms with Crippen molar-refractivity contribution in [3.8, 4) is 0 Å². The molecule has 0 aromatic heterocycles. The van der Waals surface area contributed by atoms with E-state index in [0.717, 1.165) is 12.8 Å². The zero-order chi connectivity index (χ0) is 10.8. The predicted molar refractivity (Wildman–Crippen MR) is 56.0 cm³/mol. The summed E-state index contributed by atoms with van der Waals surface area (Å²) in [6, 6.07) is -0.0920. The molecule has 0 aromatic rings. The normalized spacial score (nSPS) is 25.6. The second-order valence-electron chi connectivity index (χ2n) is 4.04. The highest BCUT2D eigenvalue weighted by Crippen LogP contribution is 2.11. The van der Waals surface area contributed by atoms with E-state index in [1.807, 2.05) is 0 Å². The van der Waals surface area contributed by atoms with Crippen LogP contribution in [0.15, 0.2) is 0 Å². The van der Waals surface area contributed by atoms with Crippen LogP contribution in [-0.4, -0.2) is 37.9 Å². The van der Waals surface area contributed by atoms with Gasteiger partial charge in [-0.1, -0.05) is 0 Å². The minimum Gasteiger partial charge on any atom is -0.327 e. The Bertz CT molecular complexity index is 276. The van der Waals surface area contributed by atoms with Crippen LogP contribution in [0, 0.1) is 0 Å². The number of piperidine rings is 1. The lowest BCUT2D eigenvalue weighted by Crippen LogP contribution is -2.51. The van der Waals surface area contributed by atoms with Gasteiger partial charge in [-0.15, -0.1) is 0 Å². The van der Waals surface area contributed by atoms with Gasteiger partial charge in [-0.3, -0.25) is 0 Å². The Morgan fingerprint density at radius 2 is 2.14 bits per heavy atom. The summed E-state index contributed by atoms with van der Waals surface area (Å²) in [6.07, 6.45) is 1.76. The highest BCUT2D eigenvalue weighted by Gasteiger charge is 2.27. The molecule has 5 nitrogen and oxygen atoms in total. The lowest BCUT2D eigenvalue weighted by atomic mass is 10.1. The maximum atomic E-state index is 11.7. The molecule has 84 valence electrons. The van der Waals surface area contributed by atoms with E-state index in [1.165, 1.54) is 4.31 Å². The highest BCUT2D eigenvalue weighted by molar-refractivity contribution is 7.87. The second-order valence-corrected chi connectivity index (χ2v) is 5.74. The predicted octanol–water partition coefficient (Wildman–Crippen LogP) is -0.348. The van der Waals surface area contributed by atoms with Gasteiger partial charge in [-0.05, 0) is 26.7 Å². The molecule has 0 aromatic carbocycles. The first-order chi connectivity index (χ1) is 6.42. The third kappa shape index (κ3) is 3.20. The molecule has 3 N–H and O–H groups in total. The summed E-state index contributed by atoms with van der Waals surface area (Å²) in [5, 5.41) is 0. The van der Waals surface area contributed by atoms with Crippen molar-refractivity contribution in [3.63, 3.8) is 0 Å². The van der Waals surface area contributed by atoms with E-state index in [2.05, 4.69) is 4.72 Å². The minimum absolute atomic E-state index is 0.0208. The smallest absolute Gasteiger partial charge is 0.279 e. The van der Waals surface area contributed by atoms with Gasteiger partial charge in [0.2, 0.25) is 0 Å². The first kappa shape index (κ1) is 11.9. The summed E-state index contributed by atoms with van der Waals surface area (Å²) < 4.78 is 27.4. The Balaban J connectivity index is 2.62. The number of hydrogen-bond donors (Lipinski definition) is 2. The van der Waals surface area contributed by atoms with Crippen LogP contribution in [-0.2, 0) is 10.2 Å². The Hall–Kier alpha value is -0.170. The van der Waals surface area contributed by atoms with Gasteiger partial charge in [-0.2, -0.15) is 17.4 Å². The maximum absolute atomic E-state index is 11.7. The van der Waals surface area contributed by atoms with Crippen molar-refractivity contribution in [2.24, 2.45) is 5.73 Å². The van der Waals surface area contributed by atoms with Crippen molar-refractivity contribution >= 4 is 10.2 Å². The van der Waals surface area contributed by atoms with Crippen LogP contribution >= 0.6 is 0 Å². The summed E-state index contributed by atoms with van der Waals surface area (Å²) in [5.74, 6) is 0. The lowest BCUT2D eigenvalue weighted by molar-refractivity contribution is 0.311. The number of hydrogen-bond acceptors (Lipinski definition) is 3. The quantitative estimate of drug-likeness (QED) is 0.684. The number of rotatable bonds is 3. The van der Waals surface area contributed by atoms with E-state index in [1.54, 1.807) is 13.8 Å². The molecule has 1 aliphatic rings. The summed E-state index contributed by atoms with van der Waals surface area (Å²) in [5.41, 5.74) is 5.72. The van der Waals surface area contributed by atoms with Crippen LogP contribution in [0.3, 0.4) is 0 Å². The molecule has 0 spiro atoms. The Morgan fingerprint density at radius 1 is 1.50 bits per heavy atom. The molecule has 1 rings (SSSR count). The monoisotopic (exact) mass is 221 g/mol. The molecule has 1 heterocycles. The van der Waals surface area contributed by atoms with E-state index < -0.39 is 10.2 Å². The Labute approximate surface area is 85.8 Å². The summed E-state index contributed by atoms with van der Waals surface area (Å²) in [7, 11) is -3.31. The van der Waals surface area contributed by atoms with E-state index in [4.69, 9.17) is 5.73 Å². The largest absolute Gasteiger partial charge is 0.327 e. The molecule has 0 radical (unpaired) electrons. The van der Waals surface area contributed by atoms with E-state index in [-0.39, 0.29) is 12.1 Å². The molecule has 1 atom stereocenters. The van der Waals surface area contributed by atoms with E-state index in [0.29, 0.717) is 13.1 Å². The molecule has 0 bridgehead atoms. The Kier molecular flexibility index (Phi) is 3.88. The fourth-order valence-electron chi connectivity index (χ4n) is 1.56. The van der Waals surface area contributed by atoms with Gasteiger partial charge in [0.1, 0.15) is 0 Å². The topological polar surface area (TPSA) is 75.4 Å². The minimum atomic E-state index is -3.31. The zero-order valence-corrected chi connectivity index (χ0v) is 9.55. The number of nitrogens with zero attached hydrogens (tertiary/aromatic N) is 1. The molecule has 1 saturated heterocycles. The van der Waals surface area contributed by atoms with Crippen LogP contribution in [0.5, 0.6) is 0 Å². The van der Waals surface area contributed by atoms with Gasteiger partial charge in [0.25, 0.3) is 10.2 Å². The van der Waals surface area contributed by atoms with Gasteiger partial charge in [0.05, 0.1) is 0 Å². The van der Waals surface area contributed by atoms with Crippen molar-refractivity contribution < 1.29 is 8.42 Å². The molecule has 0 saturated carbocycles. The van der Waals surface area contributed by atoms with Gasteiger partial charge in [-0.25, -0.2) is 0 Å². The molecule has 14 heavy (non-hydrogen) atoms. The van der Waals surface area contributed by atoms with Gasteiger partial charge >= 0.3 is 0 Å². The first-order valence-corrected chi connectivity index (χ1v) is 6.39. The third-order valence-electron chi connectivity index (χ3n) is 2.15. The van der Waals surface area contributed by atoms with E-state index in [9.17, 15) is 8.42 Å². The van der Waals surface area contributed by atoms with Crippen LogP contribution in [0.4, 0.5) is 0 Å². The summed E-state index contributed by atoms with van der Waals surface area (Å²) >= 11 is 0. The zero-order valence-electron chi connectivity index (χ0n) is 8.73. The average Bonchev–Trinajstić information content (AvgIpc) is 2.01. The SMILES string of the molecule is CC(C)NS(=O)(=O)N1CCC[C@@H](N)C1. The highest BCUT2D eigenvalue weighted by atomic mass is 32.2. The Morgan fingerprint density at radius 3 is 2.64 bits per heavy atom. The number of nitrogens with one attached hydrogen (secondary N) is 1. The van der Waals surface area contributed by atoms with Gasteiger partial charge < -0.3 is 5.73 Å². The van der Waals surface area contributed by atoms with Crippen LogP contribution < -0.4 is 10.5 Å². The van der Waals surface area contributed by atoms with Crippen molar-refractivity contribution in [2.45, 2.75) is 38.8 Å². The van der Waals surface area contributed by atoms with Gasteiger partial charge in [0.15, 0.2) is 0 Å². The molecule has 0 unspecified atom stereocenters. The molecule has 6 heteroatoms. The molecule has 0 amide bonds. The standard InChI is InChI=1S/C8H19N3O2S/c1-7(2)10-14(12,13)11-5-3-4-8(9)6-11/h7-8,10H,3-6,9H2,1-2H3/t8-/m1/s1. The fraction of sp³-hybridized carbons (Fsp3) is 1.00. The van der Waals surface area contributed by atoms with Crippen LogP contribution in [0.1, 0.15) is 26.7 Å². The molecular formula is C8H19N3O2S. The third-order valence-corrected chi connectivity index (χ3v) is 3.93. The second kappa shape index (κ2) is 4.57. The summed E-state index contributed by atoms with van der Waals surface area (Å²) in [4.78, 5) is 0. The van der Waals surface area contributed by atoms with E-state index >= 15 is 0 Å². The van der Waals surface area contributed by atoms with Gasteiger partial charge in [0, 0.05) is 25.2 Å². The van der Waals surface area contributed by atoms with Crippen molar-refractivity contribution in [1.82, 2.24) is 9.03 Å². The lowest BCUT2D eigenvalue weighted by Gasteiger charge is -2.30. The van der Waals surface area contributed by atoms with Crippen LogP contribution in [0.2, 0.25) is 0 Å². The molecule has 1 fully saturated rings. The molecule has 0 aliphatic carbocycles. The van der Waals surface area contributed by atoms with Crippen molar-refractivity contribution in [3.05, 3.63) is 0 Å². The number of nitrogens with two attached hydrogens (primary N) is 1. The summed E-state index contributed by atoms with van der Waals surface area (Å²) in [6.45, 7) is 4.63. The van der Waals surface area contributed by atoms with Crippen molar-refractivity contribution in [2.75, 3.05) is 13.1 Å². The average molecular weight is 221 g/mol. The molecular weight excluding hydrogens is 202 g/mol. The van der Waals surface area contributed by atoms with Crippen molar-refractivity contribution in [1.29, 1.82) is 0 Å². The molecule has 1 aliphatic heterocycles. The fourth-order valence-corrected chi connectivity index (χ4v) is 3.07. The first-order valence-electron chi connectivity index (χ1n) is 4.95. The maximum Gasteiger partial charge on any atom is 0.279 e.